The number of ether oxygens (including phenoxy) is 2. The minimum atomic E-state index is -0.321. The predicted octanol–water partition coefficient (Wildman–Crippen LogP) is 1.32. The third-order valence-electron chi connectivity index (χ3n) is 2.35. The van der Waals surface area contributed by atoms with Crippen LogP contribution in [0.1, 0.15) is 20.3 Å². The van der Waals surface area contributed by atoms with Crippen LogP contribution in [0.3, 0.4) is 0 Å². The van der Waals surface area contributed by atoms with Gasteiger partial charge in [-0.3, -0.25) is 0 Å². The van der Waals surface area contributed by atoms with E-state index in [1.807, 2.05) is 13.8 Å². The molecule has 1 heterocycles. The molecule has 0 radical (unpaired) electrons. The van der Waals surface area contributed by atoms with Crippen molar-refractivity contribution in [2.24, 2.45) is 5.92 Å². The molecule has 0 spiro atoms. The smallest absolute Gasteiger partial charge is 0.179 e. The Balaban J connectivity index is 2.53. The number of hydrogen-bond donors (Lipinski definition) is 1. The molecule has 0 aromatic heterocycles. The van der Waals surface area contributed by atoms with Gasteiger partial charge in [-0.1, -0.05) is 13.5 Å². The third kappa shape index (κ3) is 2.53. The molecule has 3 nitrogen and oxygen atoms in total. The van der Waals surface area contributed by atoms with Crippen LogP contribution in [0.4, 0.5) is 0 Å². The first-order valence-electron chi connectivity index (χ1n) is 4.74. The zero-order valence-electron chi connectivity index (χ0n) is 8.32. The van der Waals surface area contributed by atoms with Crippen LogP contribution in [0, 0.1) is 5.92 Å². The van der Waals surface area contributed by atoms with Gasteiger partial charge in [0.05, 0.1) is 12.7 Å². The summed E-state index contributed by atoms with van der Waals surface area (Å²) < 4.78 is 10.9. The standard InChI is InChI=1S/C10H18O3/c1-4-12-10-8(3)5-7(2)9(6-11)13-10/h7,9-11H,3-6H2,1-2H3. The Morgan fingerprint density at radius 1 is 1.69 bits per heavy atom. The normalized spacial score (nSPS) is 35.0. The van der Waals surface area contributed by atoms with Crippen LogP contribution in [0.5, 0.6) is 0 Å². The van der Waals surface area contributed by atoms with E-state index in [0.717, 1.165) is 12.0 Å². The number of hydrogen-bond acceptors (Lipinski definition) is 3. The number of aliphatic hydroxyl groups is 1. The molecule has 1 N–H and O–H groups in total. The van der Waals surface area contributed by atoms with Crippen LogP contribution < -0.4 is 0 Å². The van der Waals surface area contributed by atoms with E-state index in [1.54, 1.807) is 0 Å². The van der Waals surface area contributed by atoms with Gasteiger partial charge < -0.3 is 14.6 Å². The minimum Gasteiger partial charge on any atom is -0.394 e. The zero-order chi connectivity index (χ0) is 9.84. The molecule has 1 saturated heterocycles. The van der Waals surface area contributed by atoms with Gasteiger partial charge in [0.25, 0.3) is 0 Å². The van der Waals surface area contributed by atoms with Gasteiger partial charge in [-0.05, 0) is 24.8 Å². The lowest BCUT2D eigenvalue weighted by molar-refractivity contribution is -0.185. The second kappa shape index (κ2) is 4.74. The van der Waals surface area contributed by atoms with Crippen molar-refractivity contribution in [2.75, 3.05) is 13.2 Å². The SMILES string of the molecule is C=C1CC(C)C(CO)OC1OCC. The van der Waals surface area contributed by atoms with Gasteiger partial charge >= 0.3 is 0 Å². The highest BCUT2D eigenvalue weighted by Crippen LogP contribution is 2.28. The second-order valence-corrected chi connectivity index (χ2v) is 3.48. The van der Waals surface area contributed by atoms with E-state index in [4.69, 9.17) is 14.6 Å². The van der Waals surface area contributed by atoms with Crippen molar-refractivity contribution in [2.45, 2.75) is 32.7 Å². The summed E-state index contributed by atoms with van der Waals surface area (Å²) in [5.74, 6) is 0.328. The molecule has 3 heteroatoms. The van der Waals surface area contributed by atoms with Gasteiger partial charge in [-0.25, -0.2) is 0 Å². The van der Waals surface area contributed by atoms with Crippen molar-refractivity contribution in [1.29, 1.82) is 0 Å². The van der Waals surface area contributed by atoms with Crippen molar-refractivity contribution in [1.82, 2.24) is 0 Å². The number of aliphatic hydroxyl groups excluding tert-OH is 1. The first-order chi connectivity index (χ1) is 6.19. The van der Waals surface area contributed by atoms with Crippen LogP contribution >= 0.6 is 0 Å². The first kappa shape index (κ1) is 10.7. The monoisotopic (exact) mass is 186 g/mol. The topological polar surface area (TPSA) is 38.7 Å². The van der Waals surface area contributed by atoms with Crippen LogP contribution in [0.2, 0.25) is 0 Å². The Kier molecular flexibility index (Phi) is 3.90. The highest BCUT2D eigenvalue weighted by atomic mass is 16.7. The molecule has 0 aromatic carbocycles. The van der Waals surface area contributed by atoms with Gasteiger partial charge in [0, 0.05) is 6.61 Å². The summed E-state index contributed by atoms with van der Waals surface area (Å²) in [5.41, 5.74) is 0.971. The van der Waals surface area contributed by atoms with Gasteiger partial charge in [0.2, 0.25) is 0 Å². The van der Waals surface area contributed by atoms with Gasteiger partial charge in [-0.15, -0.1) is 0 Å². The Morgan fingerprint density at radius 3 is 2.92 bits per heavy atom. The van der Waals surface area contributed by atoms with Crippen molar-refractivity contribution in [3.05, 3.63) is 12.2 Å². The maximum absolute atomic E-state index is 9.02. The molecule has 0 saturated carbocycles. The summed E-state index contributed by atoms with van der Waals surface area (Å²) in [6.45, 7) is 8.53. The average molecular weight is 186 g/mol. The molecule has 76 valence electrons. The average Bonchev–Trinajstić information content (AvgIpc) is 2.10. The van der Waals surface area contributed by atoms with Crippen molar-refractivity contribution in [3.8, 4) is 0 Å². The van der Waals surface area contributed by atoms with Crippen molar-refractivity contribution < 1.29 is 14.6 Å². The van der Waals surface area contributed by atoms with Crippen molar-refractivity contribution in [3.63, 3.8) is 0 Å². The Morgan fingerprint density at radius 2 is 2.38 bits per heavy atom. The molecule has 1 aliphatic heterocycles. The van der Waals surface area contributed by atoms with Gasteiger partial charge in [0.15, 0.2) is 6.29 Å². The zero-order valence-corrected chi connectivity index (χ0v) is 8.32. The van der Waals surface area contributed by atoms with E-state index < -0.39 is 0 Å². The Hall–Kier alpha value is -0.380. The van der Waals surface area contributed by atoms with Gasteiger partial charge in [-0.2, -0.15) is 0 Å². The van der Waals surface area contributed by atoms with Gasteiger partial charge in [0.1, 0.15) is 0 Å². The maximum atomic E-state index is 9.02. The lowest BCUT2D eigenvalue weighted by atomic mass is 9.93. The van der Waals surface area contributed by atoms with Crippen LogP contribution in [-0.2, 0) is 9.47 Å². The molecule has 1 fully saturated rings. The lowest BCUT2D eigenvalue weighted by Crippen LogP contribution is -2.38. The molecular weight excluding hydrogens is 168 g/mol. The lowest BCUT2D eigenvalue weighted by Gasteiger charge is -2.34. The summed E-state index contributed by atoms with van der Waals surface area (Å²) in [6, 6.07) is 0. The van der Waals surface area contributed by atoms with Crippen LogP contribution in [-0.4, -0.2) is 30.7 Å². The fraction of sp³-hybridized carbons (Fsp3) is 0.800. The van der Waals surface area contributed by atoms with E-state index in [-0.39, 0.29) is 19.0 Å². The summed E-state index contributed by atoms with van der Waals surface area (Å²) in [7, 11) is 0. The van der Waals surface area contributed by atoms with E-state index in [2.05, 4.69) is 6.58 Å². The number of rotatable bonds is 3. The molecule has 13 heavy (non-hydrogen) atoms. The molecule has 3 unspecified atom stereocenters. The van der Waals surface area contributed by atoms with E-state index >= 15 is 0 Å². The fourth-order valence-corrected chi connectivity index (χ4v) is 1.56. The molecule has 1 rings (SSSR count). The van der Waals surface area contributed by atoms with E-state index in [0.29, 0.717) is 12.5 Å². The van der Waals surface area contributed by atoms with E-state index in [9.17, 15) is 0 Å². The first-order valence-corrected chi connectivity index (χ1v) is 4.74. The van der Waals surface area contributed by atoms with Crippen LogP contribution in [0.25, 0.3) is 0 Å². The Labute approximate surface area is 79.3 Å². The second-order valence-electron chi connectivity index (χ2n) is 3.48. The molecular formula is C10H18O3. The molecule has 1 aliphatic rings. The Bertz CT molecular complexity index is 179. The van der Waals surface area contributed by atoms with Crippen LogP contribution in [0.15, 0.2) is 12.2 Å². The maximum Gasteiger partial charge on any atom is 0.179 e. The fourth-order valence-electron chi connectivity index (χ4n) is 1.56. The highest BCUT2D eigenvalue weighted by Gasteiger charge is 2.30. The molecule has 0 aromatic rings. The molecule has 0 bridgehead atoms. The summed E-state index contributed by atoms with van der Waals surface area (Å²) in [5, 5.41) is 9.02. The van der Waals surface area contributed by atoms with Crippen molar-refractivity contribution >= 4 is 0 Å². The highest BCUT2D eigenvalue weighted by molar-refractivity contribution is 5.04. The third-order valence-corrected chi connectivity index (χ3v) is 2.35. The summed E-state index contributed by atoms with van der Waals surface area (Å²) in [4.78, 5) is 0. The quantitative estimate of drug-likeness (QED) is 0.676. The molecule has 0 aliphatic carbocycles. The molecule has 3 atom stereocenters. The molecule has 0 amide bonds. The largest absolute Gasteiger partial charge is 0.394 e. The minimum absolute atomic E-state index is 0.0536. The summed E-state index contributed by atoms with van der Waals surface area (Å²) in [6.07, 6.45) is 0.441. The van der Waals surface area contributed by atoms with E-state index in [1.165, 1.54) is 0 Å². The predicted molar refractivity (Wildman–Crippen MR) is 50.3 cm³/mol. The summed E-state index contributed by atoms with van der Waals surface area (Å²) >= 11 is 0.